The maximum atomic E-state index is 12.9. The van der Waals surface area contributed by atoms with Crippen LogP contribution in [0.1, 0.15) is 42.4 Å². The van der Waals surface area contributed by atoms with E-state index in [9.17, 15) is 4.79 Å². The monoisotopic (exact) mass is 361 g/mol. The van der Waals surface area contributed by atoms with E-state index >= 15 is 0 Å². The lowest BCUT2D eigenvalue weighted by atomic mass is 10.1. The summed E-state index contributed by atoms with van der Waals surface area (Å²) in [6, 6.07) is 21.3. The van der Waals surface area contributed by atoms with E-state index < -0.39 is 0 Å². The molecule has 0 radical (unpaired) electrons. The van der Waals surface area contributed by atoms with Crippen LogP contribution in [0.15, 0.2) is 60.7 Å². The molecular weight excluding hydrogens is 334 g/mol. The first-order valence-electron chi connectivity index (χ1n) is 9.85. The SMILES string of the molecule is CCn1c(C(=O)NC2CCN(C(C)c3ccccc3)C2)cc2ccccc21. The van der Waals surface area contributed by atoms with Crippen LogP contribution in [0, 0.1) is 0 Å². The highest BCUT2D eigenvalue weighted by Crippen LogP contribution is 2.25. The maximum absolute atomic E-state index is 12.9. The molecule has 2 heterocycles. The van der Waals surface area contributed by atoms with Crippen molar-refractivity contribution >= 4 is 16.8 Å². The summed E-state index contributed by atoms with van der Waals surface area (Å²) < 4.78 is 2.10. The molecule has 4 nitrogen and oxygen atoms in total. The molecule has 1 amide bonds. The molecule has 3 aromatic rings. The van der Waals surface area contributed by atoms with E-state index in [2.05, 4.69) is 71.1 Å². The molecule has 0 saturated carbocycles. The Kier molecular flexibility index (Phi) is 4.99. The number of hydrogen-bond acceptors (Lipinski definition) is 2. The highest BCUT2D eigenvalue weighted by molar-refractivity contribution is 5.98. The minimum absolute atomic E-state index is 0.0345. The predicted octanol–water partition coefficient (Wildman–Crippen LogP) is 4.23. The van der Waals surface area contributed by atoms with Gasteiger partial charge in [-0.05, 0) is 38.0 Å². The Bertz CT molecular complexity index is 931. The first-order valence-corrected chi connectivity index (χ1v) is 9.85. The maximum Gasteiger partial charge on any atom is 0.268 e. The molecular formula is C23H27N3O. The summed E-state index contributed by atoms with van der Waals surface area (Å²) in [4.78, 5) is 15.4. The van der Waals surface area contributed by atoms with E-state index in [0.29, 0.717) is 6.04 Å². The third-order valence-corrected chi connectivity index (χ3v) is 5.74. The Hall–Kier alpha value is -2.59. The van der Waals surface area contributed by atoms with Crippen molar-refractivity contribution in [3.05, 3.63) is 71.9 Å². The predicted molar refractivity (Wildman–Crippen MR) is 110 cm³/mol. The van der Waals surface area contributed by atoms with Crippen LogP contribution in [0.3, 0.4) is 0 Å². The second kappa shape index (κ2) is 7.57. The fourth-order valence-electron chi connectivity index (χ4n) is 4.20. The minimum atomic E-state index is 0.0345. The molecule has 2 atom stereocenters. The molecule has 4 rings (SSSR count). The molecule has 1 aliphatic rings. The van der Waals surface area contributed by atoms with Gasteiger partial charge in [0, 0.05) is 42.6 Å². The topological polar surface area (TPSA) is 37.3 Å². The van der Waals surface area contributed by atoms with E-state index in [0.717, 1.165) is 42.7 Å². The van der Waals surface area contributed by atoms with E-state index in [4.69, 9.17) is 0 Å². The molecule has 0 aliphatic carbocycles. The molecule has 1 saturated heterocycles. The lowest BCUT2D eigenvalue weighted by Gasteiger charge is -2.24. The molecule has 4 heteroatoms. The van der Waals surface area contributed by atoms with Crippen molar-refractivity contribution in [2.45, 2.75) is 38.9 Å². The number of aromatic nitrogens is 1. The first kappa shape index (κ1) is 17.8. The summed E-state index contributed by atoms with van der Waals surface area (Å²) in [6.45, 7) is 7.03. The summed E-state index contributed by atoms with van der Waals surface area (Å²) in [5, 5.41) is 4.39. The van der Waals surface area contributed by atoms with Gasteiger partial charge in [-0.2, -0.15) is 0 Å². The van der Waals surface area contributed by atoms with Crippen molar-refractivity contribution < 1.29 is 4.79 Å². The normalized spacial score (nSPS) is 18.7. The van der Waals surface area contributed by atoms with Crippen molar-refractivity contribution in [2.24, 2.45) is 0 Å². The van der Waals surface area contributed by atoms with Gasteiger partial charge in [-0.1, -0.05) is 48.5 Å². The van der Waals surface area contributed by atoms with Crippen molar-refractivity contribution in [1.29, 1.82) is 0 Å². The van der Waals surface area contributed by atoms with E-state index in [-0.39, 0.29) is 11.9 Å². The average molecular weight is 361 g/mol. The van der Waals surface area contributed by atoms with Gasteiger partial charge >= 0.3 is 0 Å². The van der Waals surface area contributed by atoms with Gasteiger partial charge in [-0.3, -0.25) is 9.69 Å². The van der Waals surface area contributed by atoms with Crippen LogP contribution in [0.4, 0.5) is 0 Å². The Morgan fingerprint density at radius 1 is 1.15 bits per heavy atom. The summed E-state index contributed by atoms with van der Waals surface area (Å²) in [6.07, 6.45) is 0.995. The van der Waals surface area contributed by atoms with Crippen LogP contribution in [-0.2, 0) is 6.54 Å². The Morgan fingerprint density at radius 3 is 2.67 bits per heavy atom. The number of carbonyl (C=O) groups excluding carboxylic acids is 1. The minimum Gasteiger partial charge on any atom is -0.347 e. The van der Waals surface area contributed by atoms with Crippen LogP contribution >= 0.6 is 0 Å². The van der Waals surface area contributed by atoms with E-state index in [1.807, 2.05) is 18.2 Å². The Balaban J connectivity index is 1.45. The zero-order valence-corrected chi connectivity index (χ0v) is 16.1. The van der Waals surface area contributed by atoms with Crippen molar-refractivity contribution in [2.75, 3.05) is 13.1 Å². The zero-order chi connectivity index (χ0) is 18.8. The summed E-state index contributed by atoms with van der Waals surface area (Å²) in [7, 11) is 0. The number of carbonyl (C=O) groups is 1. The number of nitrogens with one attached hydrogen (secondary N) is 1. The van der Waals surface area contributed by atoms with Gasteiger partial charge in [0.2, 0.25) is 0 Å². The molecule has 1 aromatic heterocycles. The third kappa shape index (κ3) is 3.50. The number of nitrogens with zero attached hydrogens (tertiary/aromatic N) is 2. The number of fused-ring (bicyclic) bond motifs is 1. The number of likely N-dealkylation sites (tertiary alicyclic amines) is 1. The summed E-state index contributed by atoms with van der Waals surface area (Å²) >= 11 is 0. The number of hydrogen-bond donors (Lipinski definition) is 1. The molecule has 0 spiro atoms. The lowest BCUT2D eigenvalue weighted by molar-refractivity contribution is 0.0927. The van der Waals surface area contributed by atoms with E-state index in [1.165, 1.54) is 5.56 Å². The highest BCUT2D eigenvalue weighted by Gasteiger charge is 2.28. The largest absolute Gasteiger partial charge is 0.347 e. The smallest absolute Gasteiger partial charge is 0.268 e. The van der Waals surface area contributed by atoms with Crippen molar-refractivity contribution in [3.63, 3.8) is 0 Å². The molecule has 1 fully saturated rings. The first-order chi connectivity index (χ1) is 13.2. The molecule has 2 aromatic carbocycles. The highest BCUT2D eigenvalue weighted by atomic mass is 16.2. The van der Waals surface area contributed by atoms with Gasteiger partial charge in [0.1, 0.15) is 5.69 Å². The molecule has 0 bridgehead atoms. The van der Waals surface area contributed by atoms with Crippen molar-refractivity contribution in [1.82, 2.24) is 14.8 Å². The second-order valence-corrected chi connectivity index (χ2v) is 7.37. The standard InChI is InChI=1S/C23H27N3O/c1-3-26-21-12-8-7-11-19(21)15-22(26)23(27)24-20-13-14-25(16-20)17(2)18-9-5-4-6-10-18/h4-12,15,17,20H,3,13-14,16H2,1-2H3,(H,24,27). The van der Waals surface area contributed by atoms with Crippen molar-refractivity contribution in [3.8, 4) is 0 Å². The number of amides is 1. The number of rotatable bonds is 5. The Labute approximate surface area is 160 Å². The van der Waals surface area contributed by atoms with Gasteiger partial charge in [0.15, 0.2) is 0 Å². The van der Waals surface area contributed by atoms with Gasteiger partial charge in [-0.15, -0.1) is 0 Å². The lowest BCUT2D eigenvalue weighted by Crippen LogP contribution is -2.38. The molecule has 140 valence electrons. The quantitative estimate of drug-likeness (QED) is 0.738. The second-order valence-electron chi connectivity index (χ2n) is 7.37. The number of para-hydroxylation sites is 1. The third-order valence-electron chi connectivity index (χ3n) is 5.74. The van der Waals surface area contributed by atoms with Crippen LogP contribution in [-0.4, -0.2) is 34.5 Å². The number of aryl methyl sites for hydroxylation is 1. The van der Waals surface area contributed by atoms with Gasteiger partial charge in [0.25, 0.3) is 5.91 Å². The van der Waals surface area contributed by atoms with E-state index in [1.54, 1.807) is 0 Å². The fraction of sp³-hybridized carbons (Fsp3) is 0.348. The van der Waals surface area contributed by atoms with Crippen LogP contribution in [0.25, 0.3) is 10.9 Å². The van der Waals surface area contributed by atoms with Gasteiger partial charge in [0.05, 0.1) is 0 Å². The summed E-state index contributed by atoms with van der Waals surface area (Å²) in [5.41, 5.74) is 3.21. The number of benzene rings is 2. The van der Waals surface area contributed by atoms with Gasteiger partial charge in [-0.25, -0.2) is 0 Å². The average Bonchev–Trinajstić information content (AvgIpc) is 3.32. The fourth-order valence-corrected chi connectivity index (χ4v) is 4.20. The van der Waals surface area contributed by atoms with Crippen LogP contribution in [0.2, 0.25) is 0 Å². The molecule has 1 N–H and O–H groups in total. The molecule has 2 unspecified atom stereocenters. The summed E-state index contributed by atoms with van der Waals surface area (Å²) in [5.74, 6) is 0.0345. The zero-order valence-electron chi connectivity index (χ0n) is 16.1. The van der Waals surface area contributed by atoms with Crippen LogP contribution in [0.5, 0.6) is 0 Å². The molecule has 27 heavy (non-hydrogen) atoms. The van der Waals surface area contributed by atoms with Crippen LogP contribution < -0.4 is 5.32 Å². The van der Waals surface area contributed by atoms with Gasteiger partial charge < -0.3 is 9.88 Å². The molecule has 1 aliphatic heterocycles. The Morgan fingerprint density at radius 2 is 1.89 bits per heavy atom.